The van der Waals surface area contributed by atoms with Gasteiger partial charge in [-0.3, -0.25) is 10.1 Å². The monoisotopic (exact) mass is 235 g/mol. The molecule has 0 saturated heterocycles. The largest absolute Gasteiger partial charge is 0.393 e. The summed E-state index contributed by atoms with van der Waals surface area (Å²) in [6.07, 6.45) is 4.27. The second-order valence-corrected chi connectivity index (χ2v) is 4.70. The Bertz CT molecular complexity index is 405. The van der Waals surface area contributed by atoms with Gasteiger partial charge in [-0.05, 0) is 25.2 Å². The molecule has 0 amide bonds. The predicted molar refractivity (Wildman–Crippen MR) is 64.8 cm³/mol. The van der Waals surface area contributed by atoms with Crippen molar-refractivity contribution >= 4 is 5.69 Å². The van der Waals surface area contributed by atoms with Crippen molar-refractivity contribution in [3.63, 3.8) is 0 Å². The molecule has 1 aromatic carbocycles. The van der Waals surface area contributed by atoms with Crippen LogP contribution < -0.4 is 0 Å². The molecule has 0 aromatic heterocycles. The standard InChI is InChI=1S/C13H17NO3/c15-13-8-4-2-6-11(13)9-10-5-1-3-7-12(10)14(16)17/h1,3,5,7,11,13,15H,2,4,6,8-9H2. The fourth-order valence-corrected chi connectivity index (χ4v) is 2.57. The van der Waals surface area contributed by atoms with E-state index in [9.17, 15) is 15.2 Å². The molecule has 2 rings (SSSR count). The summed E-state index contributed by atoms with van der Waals surface area (Å²) in [5.74, 6) is 0.171. The summed E-state index contributed by atoms with van der Waals surface area (Å²) < 4.78 is 0. The van der Waals surface area contributed by atoms with Crippen LogP contribution in [0.3, 0.4) is 0 Å². The number of hydrogen-bond donors (Lipinski definition) is 1. The van der Waals surface area contributed by atoms with Crippen molar-refractivity contribution < 1.29 is 10.0 Å². The lowest BCUT2D eigenvalue weighted by Gasteiger charge is -2.27. The van der Waals surface area contributed by atoms with Crippen LogP contribution in [0.5, 0.6) is 0 Å². The fraction of sp³-hybridized carbons (Fsp3) is 0.538. The van der Waals surface area contributed by atoms with Crippen molar-refractivity contribution in [1.29, 1.82) is 0 Å². The Labute approximate surface area is 100 Å². The molecule has 92 valence electrons. The van der Waals surface area contributed by atoms with E-state index in [4.69, 9.17) is 0 Å². The minimum Gasteiger partial charge on any atom is -0.393 e. The molecule has 0 aliphatic heterocycles. The lowest BCUT2D eigenvalue weighted by Crippen LogP contribution is -2.26. The number of nitro groups is 1. The number of para-hydroxylation sites is 1. The van der Waals surface area contributed by atoms with Crippen molar-refractivity contribution in [3.05, 3.63) is 39.9 Å². The van der Waals surface area contributed by atoms with Gasteiger partial charge in [-0.25, -0.2) is 0 Å². The first-order valence-corrected chi connectivity index (χ1v) is 6.09. The molecule has 1 aromatic rings. The predicted octanol–water partition coefficient (Wildman–Crippen LogP) is 2.69. The van der Waals surface area contributed by atoms with Gasteiger partial charge in [-0.2, -0.15) is 0 Å². The Hall–Kier alpha value is -1.42. The van der Waals surface area contributed by atoms with E-state index in [0.717, 1.165) is 31.2 Å². The van der Waals surface area contributed by atoms with Gasteiger partial charge in [0, 0.05) is 11.6 Å². The van der Waals surface area contributed by atoms with E-state index in [1.807, 2.05) is 6.07 Å². The number of benzene rings is 1. The molecule has 17 heavy (non-hydrogen) atoms. The maximum atomic E-state index is 10.9. The molecular formula is C13H17NO3. The first-order valence-electron chi connectivity index (χ1n) is 6.09. The van der Waals surface area contributed by atoms with Gasteiger partial charge in [0.1, 0.15) is 0 Å². The van der Waals surface area contributed by atoms with Crippen molar-refractivity contribution in [1.82, 2.24) is 0 Å². The average molecular weight is 235 g/mol. The highest BCUT2D eigenvalue weighted by Gasteiger charge is 2.25. The Morgan fingerprint density at radius 1 is 1.29 bits per heavy atom. The summed E-state index contributed by atoms with van der Waals surface area (Å²) in [4.78, 5) is 10.5. The maximum Gasteiger partial charge on any atom is 0.272 e. The van der Waals surface area contributed by atoms with Gasteiger partial charge in [-0.15, -0.1) is 0 Å². The van der Waals surface area contributed by atoms with Crippen LogP contribution in [-0.2, 0) is 6.42 Å². The molecule has 0 heterocycles. The molecule has 0 spiro atoms. The summed E-state index contributed by atoms with van der Waals surface area (Å²) in [6, 6.07) is 6.82. The molecule has 4 nitrogen and oxygen atoms in total. The smallest absolute Gasteiger partial charge is 0.272 e. The molecule has 1 aliphatic carbocycles. The van der Waals surface area contributed by atoms with Crippen LogP contribution in [0.15, 0.2) is 24.3 Å². The van der Waals surface area contributed by atoms with E-state index in [1.54, 1.807) is 12.1 Å². The van der Waals surface area contributed by atoms with Crippen molar-refractivity contribution in [2.75, 3.05) is 0 Å². The van der Waals surface area contributed by atoms with Gasteiger partial charge in [0.25, 0.3) is 5.69 Å². The second-order valence-electron chi connectivity index (χ2n) is 4.70. The number of nitrogens with zero attached hydrogens (tertiary/aromatic N) is 1. The van der Waals surface area contributed by atoms with Gasteiger partial charge in [-0.1, -0.05) is 31.0 Å². The van der Waals surface area contributed by atoms with Gasteiger partial charge < -0.3 is 5.11 Å². The van der Waals surface area contributed by atoms with E-state index in [-0.39, 0.29) is 22.6 Å². The van der Waals surface area contributed by atoms with Gasteiger partial charge in [0.05, 0.1) is 11.0 Å². The number of rotatable bonds is 3. The van der Waals surface area contributed by atoms with Crippen molar-refractivity contribution in [2.45, 2.75) is 38.2 Å². The second kappa shape index (κ2) is 5.27. The van der Waals surface area contributed by atoms with Crippen LogP contribution >= 0.6 is 0 Å². The van der Waals surface area contributed by atoms with Gasteiger partial charge in [0.2, 0.25) is 0 Å². The Morgan fingerprint density at radius 3 is 2.71 bits per heavy atom. The van der Waals surface area contributed by atoms with Crippen molar-refractivity contribution in [2.24, 2.45) is 5.92 Å². The molecule has 0 radical (unpaired) electrons. The molecule has 1 fully saturated rings. The van der Waals surface area contributed by atoms with Gasteiger partial charge in [0.15, 0.2) is 0 Å². The first kappa shape index (κ1) is 12.0. The summed E-state index contributed by atoms with van der Waals surface area (Å²) in [5.41, 5.74) is 0.911. The highest BCUT2D eigenvalue weighted by atomic mass is 16.6. The minimum absolute atomic E-state index is 0.171. The zero-order chi connectivity index (χ0) is 12.3. The Morgan fingerprint density at radius 2 is 2.00 bits per heavy atom. The van der Waals surface area contributed by atoms with E-state index in [2.05, 4.69) is 0 Å². The molecule has 1 aliphatic rings. The third-order valence-electron chi connectivity index (χ3n) is 3.54. The van der Waals surface area contributed by atoms with Crippen LogP contribution in [-0.4, -0.2) is 16.1 Å². The number of aliphatic hydroxyl groups is 1. The van der Waals surface area contributed by atoms with E-state index >= 15 is 0 Å². The van der Waals surface area contributed by atoms with Crippen LogP contribution in [0.25, 0.3) is 0 Å². The molecule has 0 bridgehead atoms. The number of hydrogen-bond acceptors (Lipinski definition) is 3. The SMILES string of the molecule is O=[N+]([O-])c1ccccc1CC1CCCCC1O. The first-order chi connectivity index (χ1) is 8.18. The van der Waals surface area contributed by atoms with E-state index < -0.39 is 0 Å². The lowest BCUT2D eigenvalue weighted by atomic mass is 9.82. The Kier molecular flexibility index (Phi) is 3.74. The van der Waals surface area contributed by atoms with Gasteiger partial charge >= 0.3 is 0 Å². The molecule has 2 atom stereocenters. The summed E-state index contributed by atoms with van der Waals surface area (Å²) in [6.45, 7) is 0. The summed E-state index contributed by atoms with van der Waals surface area (Å²) in [7, 11) is 0. The molecule has 1 saturated carbocycles. The topological polar surface area (TPSA) is 63.4 Å². The summed E-state index contributed by atoms with van der Waals surface area (Å²) in [5, 5.41) is 20.8. The fourth-order valence-electron chi connectivity index (χ4n) is 2.57. The highest BCUT2D eigenvalue weighted by Crippen LogP contribution is 2.30. The van der Waals surface area contributed by atoms with Crippen LogP contribution in [0, 0.1) is 16.0 Å². The lowest BCUT2D eigenvalue weighted by molar-refractivity contribution is -0.385. The van der Waals surface area contributed by atoms with Crippen LogP contribution in [0.4, 0.5) is 5.69 Å². The molecular weight excluding hydrogens is 218 g/mol. The highest BCUT2D eigenvalue weighted by molar-refractivity contribution is 5.40. The zero-order valence-electron chi connectivity index (χ0n) is 9.71. The normalized spacial score (nSPS) is 24.5. The molecule has 4 heteroatoms. The maximum absolute atomic E-state index is 10.9. The number of nitro benzene ring substituents is 1. The van der Waals surface area contributed by atoms with E-state index in [1.165, 1.54) is 6.07 Å². The molecule has 2 unspecified atom stereocenters. The van der Waals surface area contributed by atoms with Crippen LogP contribution in [0.2, 0.25) is 0 Å². The van der Waals surface area contributed by atoms with E-state index in [0.29, 0.717) is 6.42 Å². The quantitative estimate of drug-likeness (QED) is 0.647. The average Bonchev–Trinajstić information content (AvgIpc) is 2.32. The zero-order valence-corrected chi connectivity index (χ0v) is 9.71. The van der Waals surface area contributed by atoms with Crippen LogP contribution in [0.1, 0.15) is 31.2 Å². The number of aliphatic hydroxyl groups excluding tert-OH is 1. The third-order valence-corrected chi connectivity index (χ3v) is 3.54. The third kappa shape index (κ3) is 2.82. The summed E-state index contributed by atoms with van der Waals surface area (Å²) >= 11 is 0. The van der Waals surface area contributed by atoms with Crippen molar-refractivity contribution in [3.8, 4) is 0 Å². The minimum atomic E-state index is -0.343. The Balaban J connectivity index is 2.14. The molecule has 1 N–H and O–H groups in total.